The normalized spacial score (nSPS) is 11.5. The zero-order valence-electron chi connectivity index (χ0n) is 13.4. The van der Waals surface area contributed by atoms with E-state index in [0.29, 0.717) is 10.8 Å². The quantitative estimate of drug-likeness (QED) is 0.703. The molecule has 3 aromatic rings. The van der Waals surface area contributed by atoms with Crippen molar-refractivity contribution in [1.82, 2.24) is 25.5 Å². The number of aromatic amines is 1. The Morgan fingerprint density at radius 2 is 2.17 bits per heavy atom. The molecule has 0 aliphatic carbocycles. The topological polar surface area (TPSA) is 83.6 Å². The van der Waals surface area contributed by atoms with Crippen molar-refractivity contribution in [1.29, 1.82) is 0 Å². The van der Waals surface area contributed by atoms with Crippen LogP contribution in [0.25, 0.3) is 22.1 Å². The van der Waals surface area contributed by atoms with Gasteiger partial charge >= 0.3 is 0 Å². The van der Waals surface area contributed by atoms with Crippen LogP contribution in [0.4, 0.5) is 0 Å². The van der Waals surface area contributed by atoms with Crippen molar-refractivity contribution in [3.63, 3.8) is 0 Å². The predicted octanol–water partition coefficient (Wildman–Crippen LogP) is 2.69. The summed E-state index contributed by atoms with van der Waals surface area (Å²) in [5.41, 5.74) is 3.73. The highest BCUT2D eigenvalue weighted by molar-refractivity contribution is 7.99. The van der Waals surface area contributed by atoms with Crippen molar-refractivity contribution in [3.05, 3.63) is 23.8 Å². The zero-order valence-corrected chi connectivity index (χ0v) is 14.2. The standard InChI is InChI=1S/C16H19N5OS/c1-4-10-5-6-12-11(7-10)14-15(18-12)19-16(21-20-14)23-8-13(22)17-9(2)3/h5-7,9H,4,8H2,1-3H3,(H,17,22)(H,18,19,21). The molecule has 120 valence electrons. The molecule has 0 atom stereocenters. The molecule has 3 rings (SSSR count). The Bertz CT molecular complexity index is 858. The Hall–Kier alpha value is -2.15. The molecule has 7 heteroatoms. The van der Waals surface area contributed by atoms with Crippen LogP contribution in [0.15, 0.2) is 23.4 Å². The number of hydrogen-bond donors (Lipinski definition) is 2. The minimum absolute atomic E-state index is 0.0297. The Morgan fingerprint density at radius 1 is 1.35 bits per heavy atom. The average Bonchev–Trinajstić information content (AvgIpc) is 2.89. The van der Waals surface area contributed by atoms with Gasteiger partial charge in [-0.05, 0) is 38.0 Å². The monoisotopic (exact) mass is 329 g/mol. The number of aryl methyl sites for hydroxylation is 1. The van der Waals surface area contributed by atoms with E-state index >= 15 is 0 Å². The lowest BCUT2D eigenvalue weighted by molar-refractivity contribution is -0.119. The van der Waals surface area contributed by atoms with Gasteiger partial charge in [0.1, 0.15) is 5.52 Å². The van der Waals surface area contributed by atoms with Gasteiger partial charge in [-0.1, -0.05) is 24.8 Å². The van der Waals surface area contributed by atoms with E-state index in [4.69, 9.17) is 0 Å². The molecule has 0 bridgehead atoms. The summed E-state index contributed by atoms with van der Waals surface area (Å²) in [5.74, 6) is 0.254. The number of nitrogens with one attached hydrogen (secondary N) is 2. The molecule has 1 aromatic carbocycles. The minimum atomic E-state index is -0.0297. The van der Waals surface area contributed by atoms with Crippen LogP contribution in [-0.4, -0.2) is 37.9 Å². The third-order valence-electron chi connectivity index (χ3n) is 3.45. The van der Waals surface area contributed by atoms with Gasteiger partial charge in [0, 0.05) is 16.9 Å². The number of aromatic nitrogens is 4. The number of carbonyl (C=O) groups excluding carboxylic acids is 1. The maximum absolute atomic E-state index is 11.7. The van der Waals surface area contributed by atoms with E-state index in [-0.39, 0.29) is 17.7 Å². The zero-order chi connectivity index (χ0) is 16.4. The summed E-state index contributed by atoms with van der Waals surface area (Å²) in [6, 6.07) is 6.39. The maximum Gasteiger partial charge on any atom is 0.230 e. The number of rotatable bonds is 5. The van der Waals surface area contributed by atoms with E-state index in [9.17, 15) is 4.79 Å². The van der Waals surface area contributed by atoms with Crippen LogP contribution in [-0.2, 0) is 11.2 Å². The summed E-state index contributed by atoms with van der Waals surface area (Å²) >= 11 is 1.29. The van der Waals surface area contributed by atoms with E-state index in [1.165, 1.54) is 17.3 Å². The van der Waals surface area contributed by atoms with Crippen LogP contribution < -0.4 is 5.32 Å². The molecule has 0 aliphatic rings. The van der Waals surface area contributed by atoms with Gasteiger partial charge in [0.2, 0.25) is 11.1 Å². The summed E-state index contributed by atoms with van der Waals surface area (Å²) in [4.78, 5) is 19.4. The van der Waals surface area contributed by atoms with Crippen molar-refractivity contribution in [2.24, 2.45) is 0 Å². The van der Waals surface area contributed by atoms with Crippen LogP contribution in [0.3, 0.4) is 0 Å². The molecule has 0 saturated carbocycles. The van der Waals surface area contributed by atoms with Gasteiger partial charge in [0.05, 0.1) is 5.75 Å². The Kier molecular flexibility index (Phi) is 4.47. The Balaban J connectivity index is 1.84. The third kappa shape index (κ3) is 3.44. The molecule has 0 spiro atoms. The molecule has 2 aromatic heterocycles. The van der Waals surface area contributed by atoms with Crippen molar-refractivity contribution in [2.45, 2.75) is 38.4 Å². The van der Waals surface area contributed by atoms with Crippen LogP contribution in [0.1, 0.15) is 26.3 Å². The fourth-order valence-corrected chi connectivity index (χ4v) is 2.98. The Morgan fingerprint density at radius 3 is 2.91 bits per heavy atom. The van der Waals surface area contributed by atoms with Crippen molar-refractivity contribution >= 4 is 39.7 Å². The summed E-state index contributed by atoms with van der Waals surface area (Å²) in [6.45, 7) is 5.99. The van der Waals surface area contributed by atoms with Gasteiger partial charge in [-0.25, -0.2) is 4.98 Å². The maximum atomic E-state index is 11.7. The van der Waals surface area contributed by atoms with E-state index < -0.39 is 0 Å². The van der Waals surface area contributed by atoms with E-state index in [1.54, 1.807) is 0 Å². The molecule has 23 heavy (non-hydrogen) atoms. The van der Waals surface area contributed by atoms with Gasteiger partial charge in [-0.3, -0.25) is 4.79 Å². The minimum Gasteiger partial charge on any atom is -0.353 e. The molecule has 2 heterocycles. The molecular formula is C16H19N5OS. The Labute approximate surface area is 138 Å². The fraction of sp³-hybridized carbons (Fsp3) is 0.375. The van der Waals surface area contributed by atoms with Gasteiger partial charge in [-0.2, -0.15) is 0 Å². The summed E-state index contributed by atoms with van der Waals surface area (Å²) in [7, 11) is 0. The largest absolute Gasteiger partial charge is 0.353 e. The smallest absolute Gasteiger partial charge is 0.230 e. The predicted molar refractivity (Wildman–Crippen MR) is 92.6 cm³/mol. The first kappa shape index (κ1) is 15.7. The first-order chi connectivity index (χ1) is 11.1. The van der Waals surface area contributed by atoms with Gasteiger partial charge in [0.25, 0.3) is 0 Å². The summed E-state index contributed by atoms with van der Waals surface area (Å²) in [6.07, 6.45) is 0.975. The molecule has 1 amide bonds. The number of amides is 1. The molecule has 0 unspecified atom stereocenters. The van der Waals surface area contributed by atoms with Crippen molar-refractivity contribution < 1.29 is 4.79 Å². The van der Waals surface area contributed by atoms with E-state index in [2.05, 4.69) is 44.5 Å². The SMILES string of the molecule is CCc1ccc2[nH]c3nc(SCC(=O)NC(C)C)nnc3c2c1. The van der Waals surface area contributed by atoms with Gasteiger partial charge < -0.3 is 10.3 Å². The van der Waals surface area contributed by atoms with Crippen LogP contribution in [0.5, 0.6) is 0 Å². The second kappa shape index (κ2) is 6.54. The van der Waals surface area contributed by atoms with E-state index in [1.807, 2.05) is 19.9 Å². The first-order valence-electron chi connectivity index (χ1n) is 7.64. The number of fused-ring (bicyclic) bond motifs is 3. The molecule has 6 nitrogen and oxygen atoms in total. The van der Waals surface area contributed by atoms with Crippen LogP contribution >= 0.6 is 11.8 Å². The first-order valence-corrected chi connectivity index (χ1v) is 8.62. The van der Waals surface area contributed by atoms with Crippen LogP contribution in [0, 0.1) is 0 Å². The highest BCUT2D eigenvalue weighted by Gasteiger charge is 2.11. The molecular weight excluding hydrogens is 310 g/mol. The molecule has 0 aliphatic heterocycles. The third-order valence-corrected chi connectivity index (χ3v) is 4.29. The van der Waals surface area contributed by atoms with E-state index in [0.717, 1.165) is 22.8 Å². The van der Waals surface area contributed by atoms with Crippen molar-refractivity contribution in [2.75, 3.05) is 5.75 Å². The number of H-pyrrole nitrogens is 1. The molecule has 2 N–H and O–H groups in total. The highest BCUT2D eigenvalue weighted by atomic mass is 32.2. The number of nitrogens with zero attached hydrogens (tertiary/aromatic N) is 3. The second-order valence-corrected chi connectivity index (χ2v) is 6.60. The lowest BCUT2D eigenvalue weighted by Gasteiger charge is -2.06. The van der Waals surface area contributed by atoms with Crippen LogP contribution in [0.2, 0.25) is 0 Å². The number of hydrogen-bond acceptors (Lipinski definition) is 5. The number of thioether (sulfide) groups is 1. The van der Waals surface area contributed by atoms with Gasteiger partial charge in [-0.15, -0.1) is 10.2 Å². The second-order valence-electron chi connectivity index (χ2n) is 5.66. The molecule has 0 saturated heterocycles. The molecule has 0 fully saturated rings. The number of carbonyl (C=O) groups is 1. The van der Waals surface area contributed by atoms with Gasteiger partial charge in [0.15, 0.2) is 5.65 Å². The van der Waals surface area contributed by atoms with Crippen molar-refractivity contribution in [3.8, 4) is 0 Å². The molecule has 0 radical (unpaired) electrons. The summed E-state index contributed by atoms with van der Waals surface area (Å²) < 4.78 is 0. The summed E-state index contributed by atoms with van der Waals surface area (Å²) in [5, 5.41) is 12.8. The number of benzene rings is 1. The lowest BCUT2D eigenvalue weighted by Crippen LogP contribution is -2.31. The lowest BCUT2D eigenvalue weighted by atomic mass is 10.1. The average molecular weight is 329 g/mol. The fourth-order valence-electron chi connectivity index (χ4n) is 2.38. The highest BCUT2D eigenvalue weighted by Crippen LogP contribution is 2.24.